The Morgan fingerprint density at radius 3 is 2.90 bits per heavy atom. The molecule has 3 atom stereocenters. The Hall–Kier alpha value is -1.78. The molecule has 1 fully saturated rings. The van der Waals surface area contributed by atoms with Crippen molar-refractivity contribution in [2.45, 2.75) is 39.2 Å². The molecule has 0 bridgehead atoms. The third-order valence-corrected chi connectivity index (χ3v) is 4.21. The highest BCUT2D eigenvalue weighted by Gasteiger charge is 2.28. The summed E-state index contributed by atoms with van der Waals surface area (Å²) in [4.78, 5) is 26.2. The van der Waals surface area contributed by atoms with Crippen LogP contribution in [0, 0.1) is 11.8 Å². The molecule has 110 valence electrons. The normalized spacial score (nSPS) is 26.0. The highest BCUT2D eigenvalue weighted by molar-refractivity contribution is 5.89. The summed E-state index contributed by atoms with van der Waals surface area (Å²) in [6.45, 7) is 4.16. The van der Waals surface area contributed by atoms with Gasteiger partial charge in [-0.3, -0.25) is 4.79 Å². The van der Waals surface area contributed by atoms with Gasteiger partial charge in [0, 0.05) is 12.2 Å². The van der Waals surface area contributed by atoms with Crippen LogP contribution in [0.1, 0.15) is 43.6 Å². The Balaban J connectivity index is 1.76. The second-order valence-electron chi connectivity index (χ2n) is 5.60. The van der Waals surface area contributed by atoms with E-state index in [1.165, 1.54) is 6.42 Å². The Kier molecular flexibility index (Phi) is 4.82. The summed E-state index contributed by atoms with van der Waals surface area (Å²) >= 11 is 0. The first-order chi connectivity index (χ1) is 9.58. The predicted molar refractivity (Wildman–Crippen MR) is 75.2 cm³/mol. The van der Waals surface area contributed by atoms with Crippen LogP contribution < -0.4 is 5.32 Å². The van der Waals surface area contributed by atoms with Gasteiger partial charge >= 0.3 is 5.97 Å². The molecule has 0 spiro atoms. The van der Waals surface area contributed by atoms with E-state index in [9.17, 15) is 9.59 Å². The quantitative estimate of drug-likeness (QED) is 0.829. The van der Waals surface area contributed by atoms with Crippen LogP contribution in [0.5, 0.6) is 0 Å². The van der Waals surface area contributed by atoms with E-state index in [-0.39, 0.29) is 18.6 Å². The molecule has 1 amide bonds. The molecule has 5 heteroatoms. The van der Waals surface area contributed by atoms with Gasteiger partial charge in [-0.15, -0.1) is 0 Å². The number of carbonyl (C=O) groups excluding carboxylic acids is 2. The second kappa shape index (κ2) is 6.59. The number of ether oxygens (including phenoxy) is 1. The lowest BCUT2D eigenvalue weighted by Gasteiger charge is -2.34. The number of amides is 1. The summed E-state index contributed by atoms with van der Waals surface area (Å²) in [5.74, 6) is 0.355. The number of hydrogen-bond donors (Lipinski definition) is 2. The maximum Gasteiger partial charge on any atom is 0.355 e. The van der Waals surface area contributed by atoms with Gasteiger partial charge in [0.15, 0.2) is 6.61 Å². The number of H-pyrrole nitrogens is 1. The first kappa shape index (κ1) is 14.6. The van der Waals surface area contributed by atoms with Gasteiger partial charge in [-0.2, -0.15) is 0 Å². The number of rotatable bonds is 4. The Bertz CT molecular complexity index is 456. The minimum atomic E-state index is -0.504. The summed E-state index contributed by atoms with van der Waals surface area (Å²) in [6, 6.07) is 3.52. The van der Waals surface area contributed by atoms with E-state index in [0.717, 1.165) is 12.8 Å². The van der Waals surface area contributed by atoms with E-state index in [4.69, 9.17) is 4.74 Å². The van der Waals surface area contributed by atoms with Crippen LogP contribution in [-0.2, 0) is 9.53 Å². The topological polar surface area (TPSA) is 71.2 Å². The standard InChI is InChI=1S/C15H22N2O3/c1-10-5-3-6-12(11(10)2)17-14(18)9-20-15(19)13-7-4-8-16-13/h4,7-8,10-12,16H,3,5-6,9H2,1-2H3,(H,17,18)/t10-,11+,12-/m1/s1. The first-order valence-corrected chi connectivity index (χ1v) is 7.18. The zero-order valence-corrected chi connectivity index (χ0v) is 12.0. The Morgan fingerprint density at radius 1 is 1.40 bits per heavy atom. The molecule has 0 unspecified atom stereocenters. The largest absolute Gasteiger partial charge is 0.451 e. The molecule has 0 saturated heterocycles. The summed E-state index contributed by atoms with van der Waals surface area (Å²) in [5.41, 5.74) is 0.359. The van der Waals surface area contributed by atoms with Crippen molar-refractivity contribution in [2.75, 3.05) is 6.61 Å². The van der Waals surface area contributed by atoms with Gasteiger partial charge in [-0.05, 0) is 30.4 Å². The maximum absolute atomic E-state index is 11.8. The molecular formula is C15H22N2O3. The highest BCUT2D eigenvalue weighted by Crippen LogP contribution is 2.29. The summed E-state index contributed by atoms with van der Waals surface area (Å²) < 4.78 is 4.97. The van der Waals surface area contributed by atoms with E-state index < -0.39 is 5.97 Å². The van der Waals surface area contributed by atoms with Crippen molar-refractivity contribution in [1.82, 2.24) is 10.3 Å². The van der Waals surface area contributed by atoms with Gasteiger partial charge in [-0.25, -0.2) is 4.79 Å². The molecule has 1 heterocycles. The molecule has 20 heavy (non-hydrogen) atoms. The van der Waals surface area contributed by atoms with Crippen LogP contribution >= 0.6 is 0 Å². The van der Waals surface area contributed by atoms with Crippen molar-refractivity contribution < 1.29 is 14.3 Å². The molecule has 1 aliphatic carbocycles. The molecule has 1 aromatic heterocycles. The molecule has 2 N–H and O–H groups in total. The van der Waals surface area contributed by atoms with E-state index in [2.05, 4.69) is 24.1 Å². The Morgan fingerprint density at radius 2 is 2.20 bits per heavy atom. The average Bonchev–Trinajstić information content (AvgIpc) is 2.95. The Labute approximate surface area is 119 Å². The molecule has 0 radical (unpaired) electrons. The summed E-state index contributed by atoms with van der Waals surface area (Å²) in [6.07, 6.45) is 5.00. The minimum Gasteiger partial charge on any atom is -0.451 e. The van der Waals surface area contributed by atoms with Crippen LogP contribution in [0.4, 0.5) is 0 Å². The second-order valence-corrected chi connectivity index (χ2v) is 5.60. The minimum absolute atomic E-state index is 0.190. The fourth-order valence-electron chi connectivity index (χ4n) is 2.70. The van der Waals surface area contributed by atoms with Gasteiger partial charge in [-0.1, -0.05) is 26.7 Å². The van der Waals surface area contributed by atoms with Crippen molar-refractivity contribution in [3.63, 3.8) is 0 Å². The summed E-state index contributed by atoms with van der Waals surface area (Å²) in [7, 11) is 0. The first-order valence-electron chi connectivity index (χ1n) is 7.18. The zero-order chi connectivity index (χ0) is 14.5. The molecule has 0 aliphatic heterocycles. The lowest BCUT2D eigenvalue weighted by atomic mass is 9.78. The van der Waals surface area contributed by atoms with Crippen LogP contribution in [0.3, 0.4) is 0 Å². The molecule has 0 aromatic carbocycles. The third kappa shape index (κ3) is 3.62. The number of hydrogen-bond acceptors (Lipinski definition) is 3. The lowest BCUT2D eigenvalue weighted by molar-refractivity contribution is -0.125. The molecule has 1 aliphatic rings. The average molecular weight is 278 g/mol. The van der Waals surface area contributed by atoms with Crippen molar-refractivity contribution in [1.29, 1.82) is 0 Å². The smallest absolute Gasteiger partial charge is 0.355 e. The van der Waals surface area contributed by atoms with Gasteiger partial charge < -0.3 is 15.0 Å². The maximum atomic E-state index is 11.8. The SMILES string of the molecule is C[C@H]1[C@H](C)CCC[C@H]1NC(=O)COC(=O)c1ccc[nH]1. The molecule has 2 rings (SSSR count). The number of esters is 1. The van der Waals surface area contributed by atoms with Crippen molar-refractivity contribution >= 4 is 11.9 Å². The van der Waals surface area contributed by atoms with Gasteiger partial charge in [0.1, 0.15) is 5.69 Å². The lowest BCUT2D eigenvalue weighted by Crippen LogP contribution is -2.45. The van der Waals surface area contributed by atoms with Crippen molar-refractivity contribution in [3.05, 3.63) is 24.0 Å². The molecule has 5 nitrogen and oxygen atoms in total. The van der Waals surface area contributed by atoms with Gasteiger partial charge in [0.25, 0.3) is 5.91 Å². The van der Waals surface area contributed by atoms with Gasteiger partial charge in [0.2, 0.25) is 0 Å². The van der Waals surface area contributed by atoms with Crippen LogP contribution in [-0.4, -0.2) is 29.5 Å². The van der Waals surface area contributed by atoms with Crippen molar-refractivity contribution in [3.8, 4) is 0 Å². The van der Waals surface area contributed by atoms with E-state index in [1.807, 2.05) is 0 Å². The van der Waals surface area contributed by atoms with Crippen LogP contribution in [0.25, 0.3) is 0 Å². The summed E-state index contributed by atoms with van der Waals surface area (Å²) in [5, 5.41) is 2.97. The molecule has 1 aromatic rings. The zero-order valence-electron chi connectivity index (χ0n) is 12.0. The fraction of sp³-hybridized carbons (Fsp3) is 0.600. The van der Waals surface area contributed by atoms with Crippen LogP contribution in [0.15, 0.2) is 18.3 Å². The highest BCUT2D eigenvalue weighted by atomic mass is 16.5. The van der Waals surface area contributed by atoms with Crippen LogP contribution in [0.2, 0.25) is 0 Å². The molecular weight excluding hydrogens is 256 g/mol. The van der Waals surface area contributed by atoms with Crippen molar-refractivity contribution in [2.24, 2.45) is 11.8 Å². The van der Waals surface area contributed by atoms with Gasteiger partial charge in [0.05, 0.1) is 0 Å². The molecule has 1 saturated carbocycles. The number of aromatic nitrogens is 1. The number of carbonyl (C=O) groups is 2. The predicted octanol–water partition coefficient (Wildman–Crippen LogP) is 2.11. The fourth-order valence-corrected chi connectivity index (χ4v) is 2.70. The monoisotopic (exact) mass is 278 g/mol. The number of aromatic amines is 1. The number of nitrogens with one attached hydrogen (secondary N) is 2. The third-order valence-electron chi connectivity index (χ3n) is 4.21. The van der Waals surface area contributed by atoms with E-state index >= 15 is 0 Å². The van der Waals surface area contributed by atoms with E-state index in [0.29, 0.717) is 17.5 Å². The van der Waals surface area contributed by atoms with E-state index in [1.54, 1.807) is 18.3 Å².